The number of nitrogens with one attached hydrogen (secondary N) is 2. The van der Waals surface area contributed by atoms with Crippen LogP contribution < -0.4 is 10.7 Å². The highest BCUT2D eigenvalue weighted by Gasteiger charge is 2.26. The largest absolute Gasteiger partial charge is 0.451 e. The molecule has 0 unspecified atom stereocenters. The quantitative estimate of drug-likeness (QED) is 0.428. The van der Waals surface area contributed by atoms with Gasteiger partial charge in [-0.25, -0.2) is 9.78 Å². The van der Waals surface area contributed by atoms with Crippen molar-refractivity contribution in [2.45, 2.75) is 13.8 Å². The molecule has 10 nitrogen and oxygen atoms in total. The summed E-state index contributed by atoms with van der Waals surface area (Å²) in [5.74, 6) is -1.93. The minimum absolute atomic E-state index is 0.0912. The van der Waals surface area contributed by atoms with Gasteiger partial charge in [-0.15, -0.1) is 0 Å². The monoisotopic (exact) mass is 581 g/mol. The minimum Gasteiger partial charge on any atom is -0.451 e. The second kappa shape index (κ2) is 10.9. The fraction of sp³-hybridized carbons (Fsp3) is 0.136. The standard InChI is InChI=1S/C22H18BrCl2N5O5/c1-11-7-14(24)9-15(20(32)28-30(12(2)31)22(34)35-3)18(11)27-21(33)17-8-13(23)10-29(17)19-16(25)5-4-6-26-19/h4-10H,1-3H3,(H,27,33)(H,28,32). The summed E-state index contributed by atoms with van der Waals surface area (Å²) < 4.78 is 6.59. The van der Waals surface area contributed by atoms with Crippen molar-refractivity contribution in [3.05, 3.63) is 74.1 Å². The van der Waals surface area contributed by atoms with Crippen molar-refractivity contribution in [1.82, 2.24) is 20.0 Å². The third-order valence-electron chi connectivity index (χ3n) is 4.66. The molecule has 1 aromatic carbocycles. The summed E-state index contributed by atoms with van der Waals surface area (Å²) in [4.78, 5) is 54.2. The van der Waals surface area contributed by atoms with Gasteiger partial charge in [-0.2, -0.15) is 5.01 Å². The number of amides is 4. The lowest BCUT2D eigenvalue weighted by atomic mass is 10.1. The van der Waals surface area contributed by atoms with Crippen molar-refractivity contribution in [1.29, 1.82) is 0 Å². The molecule has 35 heavy (non-hydrogen) atoms. The molecule has 4 amide bonds. The molecule has 0 aliphatic rings. The molecule has 0 aliphatic heterocycles. The lowest BCUT2D eigenvalue weighted by molar-refractivity contribution is -0.129. The summed E-state index contributed by atoms with van der Waals surface area (Å²) in [5, 5.41) is 3.62. The number of carbonyl (C=O) groups is 4. The van der Waals surface area contributed by atoms with Crippen LogP contribution in [0.1, 0.15) is 33.3 Å². The van der Waals surface area contributed by atoms with Crippen LogP contribution in [-0.4, -0.2) is 45.5 Å². The van der Waals surface area contributed by atoms with Gasteiger partial charge in [0.25, 0.3) is 11.8 Å². The predicted octanol–water partition coefficient (Wildman–Crippen LogP) is 4.76. The summed E-state index contributed by atoms with van der Waals surface area (Å²) in [6.07, 6.45) is 2.06. The molecule has 3 rings (SSSR count). The highest BCUT2D eigenvalue weighted by molar-refractivity contribution is 9.10. The van der Waals surface area contributed by atoms with E-state index in [0.29, 0.717) is 25.9 Å². The Bertz CT molecular complexity index is 1340. The number of halogens is 3. The number of anilines is 1. The highest BCUT2D eigenvalue weighted by Crippen LogP contribution is 2.28. The molecule has 2 N–H and O–H groups in total. The molecular weight excluding hydrogens is 565 g/mol. The number of methoxy groups -OCH3 is 1. The number of aryl methyl sites for hydroxylation is 1. The van der Waals surface area contributed by atoms with Crippen LogP contribution in [0.25, 0.3) is 5.82 Å². The van der Waals surface area contributed by atoms with E-state index in [0.717, 1.165) is 14.0 Å². The second-order valence-corrected chi connectivity index (χ2v) is 8.85. The van der Waals surface area contributed by atoms with E-state index < -0.39 is 23.8 Å². The normalized spacial score (nSPS) is 10.5. The van der Waals surface area contributed by atoms with Crippen LogP contribution in [0.5, 0.6) is 0 Å². The number of hydrogen-bond donors (Lipinski definition) is 2. The molecule has 2 aromatic heterocycles. The van der Waals surface area contributed by atoms with Crippen LogP contribution in [0.3, 0.4) is 0 Å². The Morgan fingerprint density at radius 1 is 1.14 bits per heavy atom. The van der Waals surface area contributed by atoms with Crippen molar-refractivity contribution < 1.29 is 23.9 Å². The Morgan fingerprint density at radius 2 is 1.86 bits per heavy atom. The maximum absolute atomic E-state index is 13.3. The number of rotatable bonds is 4. The number of hydrogen-bond acceptors (Lipinski definition) is 6. The average molecular weight is 583 g/mol. The van der Waals surface area contributed by atoms with Crippen LogP contribution in [0.4, 0.5) is 10.5 Å². The predicted molar refractivity (Wildman–Crippen MR) is 133 cm³/mol. The van der Waals surface area contributed by atoms with Gasteiger partial charge in [0.2, 0.25) is 5.91 Å². The number of aromatic nitrogens is 2. The lowest BCUT2D eigenvalue weighted by Crippen LogP contribution is -2.49. The van der Waals surface area contributed by atoms with E-state index in [1.807, 2.05) is 0 Å². The Balaban J connectivity index is 2.00. The van der Waals surface area contributed by atoms with Crippen LogP contribution in [0.15, 0.2) is 47.2 Å². The molecule has 2 heterocycles. The molecule has 0 aliphatic carbocycles. The van der Waals surface area contributed by atoms with Crippen LogP contribution in [0.2, 0.25) is 10.0 Å². The molecule has 182 valence electrons. The van der Waals surface area contributed by atoms with E-state index in [4.69, 9.17) is 23.2 Å². The van der Waals surface area contributed by atoms with Crippen molar-refractivity contribution in [3.63, 3.8) is 0 Å². The van der Waals surface area contributed by atoms with Gasteiger partial charge in [0.05, 0.1) is 23.4 Å². The number of carbonyl (C=O) groups excluding carboxylic acids is 4. The zero-order chi connectivity index (χ0) is 25.9. The third-order valence-corrected chi connectivity index (χ3v) is 5.60. The van der Waals surface area contributed by atoms with E-state index >= 15 is 0 Å². The van der Waals surface area contributed by atoms with Gasteiger partial charge in [-0.1, -0.05) is 23.2 Å². The Kier molecular flexibility index (Phi) is 8.15. The second-order valence-electron chi connectivity index (χ2n) is 7.09. The zero-order valence-corrected chi connectivity index (χ0v) is 21.7. The van der Waals surface area contributed by atoms with Crippen LogP contribution in [-0.2, 0) is 9.53 Å². The number of nitrogens with zero attached hydrogens (tertiary/aromatic N) is 3. The maximum atomic E-state index is 13.3. The van der Waals surface area contributed by atoms with Gasteiger partial charge in [-0.05, 0) is 58.7 Å². The summed E-state index contributed by atoms with van der Waals surface area (Å²) in [6, 6.07) is 7.68. The first-order valence-corrected chi connectivity index (χ1v) is 11.4. The number of ether oxygens (including phenoxy) is 1. The Morgan fingerprint density at radius 3 is 2.49 bits per heavy atom. The van der Waals surface area contributed by atoms with E-state index in [-0.39, 0.29) is 22.0 Å². The SMILES string of the molecule is COC(=O)N(NC(=O)c1cc(Cl)cc(C)c1NC(=O)c1cc(Br)cn1-c1ncccc1Cl)C(C)=O. The third kappa shape index (κ3) is 5.81. The maximum Gasteiger partial charge on any atom is 0.435 e. The number of hydrazine groups is 1. The van der Waals surface area contributed by atoms with E-state index in [2.05, 4.69) is 36.4 Å². The van der Waals surface area contributed by atoms with Gasteiger partial charge in [0.15, 0.2) is 5.82 Å². The molecular formula is C22H18BrCl2N5O5. The molecule has 0 bridgehead atoms. The van der Waals surface area contributed by atoms with Gasteiger partial charge in [0, 0.05) is 28.8 Å². The van der Waals surface area contributed by atoms with E-state index in [1.165, 1.54) is 16.8 Å². The van der Waals surface area contributed by atoms with Crippen LogP contribution in [0, 0.1) is 6.92 Å². The fourth-order valence-electron chi connectivity index (χ4n) is 3.11. The molecule has 0 radical (unpaired) electrons. The summed E-state index contributed by atoms with van der Waals surface area (Å²) in [5.41, 5.74) is 2.80. The van der Waals surface area contributed by atoms with Crippen LogP contribution >= 0.6 is 39.1 Å². The van der Waals surface area contributed by atoms with Gasteiger partial charge < -0.3 is 10.1 Å². The molecule has 0 spiro atoms. The highest BCUT2D eigenvalue weighted by atomic mass is 79.9. The molecule has 3 aromatic rings. The van der Waals surface area contributed by atoms with Crippen molar-refractivity contribution in [3.8, 4) is 5.82 Å². The smallest absolute Gasteiger partial charge is 0.435 e. The topological polar surface area (TPSA) is 123 Å². The number of benzene rings is 1. The molecule has 0 saturated carbocycles. The van der Waals surface area contributed by atoms with Crippen molar-refractivity contribution >= 4 is 68.6 Å². The van der Waals surface area contributed by atoms with E-state index in [9.17, 15) is 19.2 Å². The lowest BCUT2D eigenvalue weighted by Gasteiger charge is -2.20. The summed E-state index contributed by atoms with van der Waals surface area (Å²) in [6.45, 7) is 2.70. The summed E-state index contributed by atoms with van der Waals surface area (Å²) >= 11 is 15.7. The molecule has 0 atom stereocenters. The Labute approximate surface area is 218 Å². The van der Waals surface area contributed by atoms with Gasteiger partial charge in [0.1, 0.15) is 5.69 Å². The first-order valence-electron chi connectivity index (χ1n) is 9.83. The average Bonchev–Trinajstić information content (AvgIpc) is 3.19. The molecule has 0 saturated heterocycles. The number of imide groups is 1. The fourth-order valence-corrected chi connectivity index (χ4v) is 4.01. The first kappa shape index (κ1) is 26.2. The molecule has 13 heteroatoms. The molecule has 0 fully saturated rings. The number of pyridine rings is 1. The van der Waals surface area contributed by atoms with Crippen molar-refractivity contribution in [2.75, 3.05) is 12.4 Å². The zero-order valence-electron chi connectivity index (χ0n) is 18.6. The minimum atomic E-state index is -1.09. The summed E-state index contributed by atoms with van der Waals surface area (Å²) in [7, 11) is 1.06. The van der Waals surface area contributed by atoms with Gasteiger partial charge in [-0.3, -0.25) is 24.4 Å². The Hall–Kier alpha value is -3.41. The first-order chi connectivity index (χ1) is 16.5. The van der Waals surface area contributed by atoms with Gasteiger partial charge >= 0.3 is 6.09 Å². The van der Waals surface area contributed by atoms with Crippen molar-refractivity contribution in [2.24, 2.45) is 0 Å². The van der Waals surface area contributed by atoms with E-state index in [1.54, 1.807) is 37.4 Å².